The van der Waals surface area contributed by atoms with E-state index in [0.29, 0.717) is 0 Å². The summed E-state index contributed by atoms with van der Waals surface area (Å²) in [6, 6.07) is 6.90. The highest BCUT2D eigenvalue weighted by atomic mass is 16.3. The fraction of sp³-hybridized carbons (Fsp3) is 0.500. The van der Waals surface area contributed by atoms with Gasteiger partial charge >= 0.3 is 0 Å². The summed E-state index contributed by atoms with van der Waals surface area (Å²) >= 11 is 0. The second kappa shape index (κ2) is 6.04. The molecule has 0 bridgehead atoms. The van der Waals surface area contributed by atoms with E-state index < -0.39 is 0 Å². The zero-order chi connectivity index (χ0) is 13.8. The number of phenolic OH excluding ortho intramolecular Hbond substituents is 1. The van der Waals surface area contributed by atoms with Gasteiger partial charge in [0.05, 0.1) is 13.2 Å². The molecule has 1 aliphatic rings. The van der Waals surface area contributed by atoms with Gasteiger partial charge in [-0.15, -0.1) is 0 Å². The molecular formula is C14H19NO4. The SMILES string of the molecule is O=C(C1CC1c1ccc(O)cc1)N(CCO)CCO. The van der Waals surface area contributed by atoms with Gasteiger partial charge in [-0.3, -0.25) is 4.79 Å². The van der Waals surface area contributed by atoms with E-state index in [4.69, 9.17) is 10.2 Å². The van der Waals surface area contributed by atoms with Crippen LogP contribution in [0.5, 0.6) is 5.75 Å². The molecule has 5 heteroatoms. The number of aliphatic hydroxyl groups is 2. The van der Waals surface area contributed by atoms with Crippen LogP contribution in [0, 0.1) is 5.92 Å². The molecule has 0 aliphatic heterocycles. The minimum atomic E-state index is -0.0949. The van der Waals surface area contributed by atoms with Gasteiger partial charge in [0, 0.05) is 19.0 Å². The zero-order valence-electron chi connectivity index (χ0n) is 10.7. The number of aliphatic hydroxyl groups excluding tert-OH is 2. The molecule has 19 heavy (non-hydrogen) atoms. The van der Waals surface area contributed by atoms with Crippen molar-refractivity contribution in [1.82, 2.24) is 4.90 Å². The third-order valence-electron chi connectivity index (χ3n) is 3.48. The van der Waals surface area contributed by atoms with E-state index in [9.17, 15) is 9.90 Å². The third kappa shape index (κ3) is 3.24. The fourth-order valence-electron chi connectivity index (χ4n) is 2.37. The topological polar surface area (TPSA) is 81.0 Å². The van der Waals surface area contributed by atoms with E-state index in [1.54, 1.807) is 12.1 Å². The van der Waals surface area contributed by atoms with Crippen LogP contribution in [-0.2, 0) is 4.79 Å². The summed E-state index contributed by atoms with van der Waals surface area (Å²) in [5.74, 6) is 0.325. The van der Waals surface area contributed by atoms with Crippen molar-refractivity contribution in [2.24, 2.45) is 5.92 Å². The van der Waals surface area contributed by atoms with E-state index >= 15 is 0 Å². The number of hydrogen-bond donors (Lipinski definition) is 3. The Morgan fingerprint density at radius 2 is 1.74 bits per heavy atom. The molecule has 2 unspecified atom stereocenters. The summed E-state index contributed by atoms with van der Waals surface area (Å²) in [5.41, 5.74) is 1.05. The average Bonchev–Trinajstić information content (AvgIpc) is 3.19. The van der Waals surface area contributed by atoms with E-state index in [1.165, 1.54) is 4.90 Å². The Morgan fingerprint density at radius 1 is 1.16 bits per heavy atom. The fourth-order valence-corrected chi connectivity index (χ4v) is 2.37. The maximum Gasteiger partial charge on any atom is 0.226 e. The minimum absolute atomic E-state index is 0.0128. The maximum absolute atomic E-state index is 12.2. The number of benzene rings is 1. The van der Waals surface area contributed by atoms with Crippen molar-refractivity contribution in [1.29, 1.82) is 0 Å². The smallest absolute Gasteiger partial charge is 0.226 e. The van der Waals surface area contributed by atoms with Crippen LogP contribution in [0.25, 0.3) is 0 Å². The molecule has 0 heterocycles. The average molecular weight is 265 g/mol. The molecular weight excluding hydrogens is 246 g/mol. The Balaban J connectivity index is 1.97. The van der Waals surface area contributed by atoms with Crippen LogP contribution in [0.1, 0.15) is 17.9 Å². The number of rotatable bonds is 6. The summed E-state index contributed by atoms with van der Waals surface area (Å²) < 4.78 is 0. The molecule has 3 N–H and O–H groups in total. The van der Waals surface area contributed by atoms with Crippen LogP contribution in [0.2, 0.25) is 0 Å². The molecule has 1 aromatic rings. The number of nitrogens with zero attached hydrogens (tertiary/aromatic N) is 1. The number of carbonyl (C=O) groups is 1. The van der Waals surface area contributed by atoms with Crippen molar-refractivity contribution < 1.29 is 20.1 Å². The number of phenols is 1. The first-order chi connectivity index (χ1) is 9.17. The Labute approximate surface area is 112 Å². The molecule has 1 saturated carbocycles. The lowest BCUT2D eigenvalue weighted by atomic mass is 10.1. The first kappa shape index (κ1) is 13.8. The third-order valence-corrected chi connectivity index (χ3v) is 3.48. The monoisotopic (exact) mass is 265 g/mol. The van der Waals surface area contributed by atoms with Crippen LogP contribution in [0.15, 0.2) is 24.3 Å². The maximum atomic E-state index is 12.2. The van der Waals surface area contributed by atoms with Crippen LogP contribution in [-0.4, -0.2) is 52.4 Å². The molecule has 5 nitrogen and oxygen atoms in total. The normalized spacial score (nSPS) is 21.2. The Kier molecular flexibility index (Phi) is 4.39. The summed E-state index contributed by atoms with van der Waals surface area (Å²) in [5, 5.41) is 27.1. The highest BCUT2D eigenvalue weighted by Crippen LogP contribution is 2.48. The predicted octanol–water partition coefficient (Wildman–Crippen LogP) is 0.309. The second-order valence-corrected chi connectivity index (χ2v) is 4.81. The van der Waals surface area contributed by atoms with E-state index in [1.807, 2.05) is 12.1 Å². The van der Waals surface area contributed by atoms with Gasteiger partial charge in [-0.1, -0.05) is 12.1 Å². The molecule has 0 saturated heterocycles. The van der Waals surface area contributed by atoms with E-state index in [0.717, 1.165) is 12.0 Å². The lowest BCUT2D eigenvalue weighted by Crippen LogP contribution is -2.37. The quantitative estimate of drug-likeness (QED) is 0.691. The highest BCUT2D eigenvalue weighted by molar-refractivity contribution is 5.83. The van der Waals surface area contributed by atoms with Gasteiger partial charge in [0.15, 0.2) is 0 Å². The van der Waals surface area contributed by atoms with Gasteiger partial charge in [0.25, 0.3) is 0 Å². The van der Waals surface area contributed by atoms with Crippen molar-refractivity contribution in [3.05, 3.63) is 29.8 Å². The van der Waals surface area contributed by atoms with Crippen molar-refractivity contribution in [2.45, 2.75) is 12.3 Å². The second-order valence-electron chi connectivity index (χ2n) is 4.81. The summed E-state index contributed by atoms with van der Waals surface area (Å²) in [6.07, 6.45) is 0.789. The van der Waals surface area contributed by atoms with Crippen molar-refractivity contribution in [3.63, 3.8) is 0 Å². The predicted molar refractivity (Wildman–Crippen MR) is 69.7 cm³/mol. The lowest BCUT2D eigenvalue weighted by molar-refractivity contribution is -0.133. The standard InChI is InChI=1S/C14H19NO4/c16-7-5-15(6-8-17)14(19)13-9-12(13)10-1-3-11(18)4-2-10/h1-4,12-13,16-18H,5-9H2. The molecule has 1 aromatic carbocycles. The Hall–Kier alpha value is -1.59. The van der Waals surface area contributed by atoms with Gasteiger partial charge < -0.3 is 20.2 Å². The van der Waals surface area contributed by atoms with E-state index in [2.05, 4.69) is 0 Å². The summed E-state index contributed by atoms with van der Waals surface area (Å²) in [6.45, 7) is 0.334. The van der Waals surface area contributed by atoms with Crippen LogP contribution >= 0.6 is 0 Å². The van der Waals surface area contributed by atoms with Crippen molar-refractivity contribution in [2.75, 3.05) is 26.3 Å². The Bertz CT molecular complexity index is 426. The lowest BCUT2D eigenvalue weighted by Gasteiger charge is -2.20. The highest BCUT2D eigenvalue weighted by Gasteiger charge is 2.45. The first-order valence-electron chi connectivity index (χ1n) is 6.46. The van der Waals surface area contributed by atoms with Crippen LogP contribution in [0.3, 0.4) is 0 Å². The number of amides is 1. The molecule has 0 radical (unpaired) electrons. The van der Waals surface area contributed by atoms with Gasteiger partial charge in [0.2, 0.25) is 5.91 Å². The summed E-state index contributed by atoms with van der Waals surface area (Å²) in [4.78, 5) is 13.7. The molecule has 1 amide bonds. The Morgan fingerprint density at radius 3 is 2.26 bits per heavy atom. The molecule has 104 valence electrons. The number of carbonyl (C=O) groups excluding carboxylic acids is 1. The number of aromatic hydroxyl groups is 1. The molecule has 1 fully saturated rings. The van der Waals surface area contributed by atoms with Crippen LogP contribution in [0.4, 0.5) is 0 Å². The van der Waals surface area contributed by atoms with Gasteiger partial charge in [-0.2, -0.15) is 0 Å². The van der Waals surface area contributed by atoms with Crippen molar-refractivity contribution >= 4 is 5.91 Å². The van der Waals surface area contributed by atoms with Gasteiger partial charge in [0.1, 0.15) is 5.75 Å². The van der Waals surface area contributed by atoms with Crippen LogP contribution < -0.4 is 0 Å². The van der Waals surface area contributed by atoms with Crippen molar-refractivity contribution in [3.8, 4) is 5.75 Å². The minimum Gasteiger partial charge on any atom is -0.508 e. The molecule has 0 aromatic heterocycles. The molecule has 1 aliphatic carbocycles. The number of hydrogen-bond acceptors (Lipinski definition) is 4. The van der Waals surface area contributed by atoms with Gasteiger partial charge in [-0.25, -0.2) is 0 Å². The van der Waals surface area contributed by atoms with E-state index in [-0.39, 0.29) is 49.8 Å². The zero-order valence-corrected chi connectivity index (χ0v) is 10.7. The summed E-state index contributed by atoms with van der Waals surface area (Å²) in [7, 11) is 0. The molecule has 0 spiro atoms. The van der Waals surface area contributed by atoms with Gasteiger partial charge in [-0.05, 0) is 30.0 Å². The molecule has 2 atom stereocenters. The molecule has 2 rings (SSSR count). The largest absolute Gasteiger partial charge is 0.508 e. The first-order valence-corrected chi connectivity index (χ1v) is 6.46.